The van der Waals surface area contributed by atoms with Crippen molar-refractivity contribution in [1.29, 1.82) is 0 Å². The average molecular weight is 313 g/mol. The molecule has 5 nitrogen and oxygen atoms in total. The number of hydrogen-bond acceptors (Lipinski definition) is 4. The molecule has 0 aliphatic heterocycles. The summed E-state index contributed by atoms with van der Waals surface area (Å²) in [7, 11) is -3.22. The Morgan fingerprint density at radius 2 is 1.80 bits per heavy atom. The van der Waals surface area contributed by atoms with Gasteiger partial charge in [-0.2, -0.15) is 0 Å². The van der Waals surface area contributed by atoms with Crippen molar-refractivity contribution in [2.75, 3.05) is 11.6 Å². The van der Waals surface area contributed by atoms with Gasteiger partial charge in [-0.1, -0.05) is 0 Å². The number of halogens is 1. The van der Waals surface area contributed by atoms with Crippen LogP contribution in [-0.2, 0) is 9.84 Å². The summed E-state index contributed by atoms with van der Waals surface area (Å²) in [6.45, 7) is 0. The lowest BCUT2D eigenvalue weighted by Crippen LogP contribution is -2.12. The molecule has 106 valence electrons. The largest absolute Gasteiger partial charge is 0.322 e. The molecule has 2 rings (SSSR count). The quantitative estimate of drug-likeness (QED) is 0.942. The Morgan fingerprint density at radius 3 is 2.30 bits per heavy atom. The molecule has 0 saturated carbocycles. The fourth-order valence-electron chi connectivity index (χ4n) is 1.49. The van der Waals surface area contributed by atoms with Gasteiger partial charge in [-0.05, 0) is 36.4 Å². The normalized spacial score (nSPS) is 10.4. The maximum absolute atomic E-state index is 11.8. The average Bonchev–Trinajstić information content (AvgIpc) is 2.39. The van der Waals surface area contributed by atoms with Crippen molar-refractivity contribution in [3.05, 3.63) is 54.4 Å². The van der Waals surface area contributed by atoms with Crippen molar-refractivity contribution in [1.82, 2.24) is 4.98 Å². The molecule has 0 fully saturated rings. The minimum Gasteiger partial charge on any atom is -0.322 e. The van der Waals surface area contributed by atoms with Crippen LogP contribution in [0.1, 0.15) is 10.4 Å². The van der Waals surface area contributed by atoms with Gasteiger partial charge >= 0.3 is 0 Å². The number of amides is 1. The molecule has 0 atom stereocenters. The molecule has 20 heavy (non-hydrogen) atoms. The standard InChI is InChI=1S/C13H12N2O3S.ClH/c1-19(17,18)12-6-4-11(5-7-12)15-13(16)10-3-2-8-14-9-10;/h2-9H,1H3,(H,15,16);1H. The Bertz CT molecular complexity index is 685. The molecule has 1 amide bonds. The van der Waals surface area contributed by atoms with Crippen LogP contribution in [0.2, 0.25) is 0 Å². The first-order valence-corrected chi connectivity index (χ1v) is 7.37. The number of benzene rings is 1. The van der Waals surface area contributed by atoms with Crippen LogP contribution in [-0.4, -0.2) is 25.6 Å². The number of sulfone groups is 1. The Hall–Kier alpha value is -1.92. The second kappa shape index (κ2) is 6.49. The molecule has 0 aliphatic rings. The lowest BCUT2D eigenvalue weighted by molar-refractivity contribution is 0.102. The number of pyridine rings is 1. The zero-order valence-electron chi connectivity index (χ0n) is 10.6. The Labute approximate surface area is 123 Å². The van der Waals surface area contributed by atoms with Crippen molar-refractivity contribution < 1.29 is 13.2 Å². The van der Waals surface area contributed by atoms with Crippen molar-refractivity contribution in [3.63, 3.8) is 0 Å². The second-order valence-electron chi connectivity index (χ2n) is 3.99. The SMILES string of the molecule is CS(=O)(=O)c1ccc(NC(=O)c2cccnc2)cc1.Cl. The van der Waals surface area contributed by atoms with E-state index in [1.165, 1.54) is 18.3 Å². The van der Waals surface area contributed by atoms with E-state index in [1.54, 1.807) is 30.5 Å². The molecule has 0 aliphatic carbocycles. The molecular formula is C13H13ClN2O3S. The van der Waals surface area contributed by atoms with Gasteiger partial charge in [-0.25, -0.2) is 8.42 Å². The van der Waals surface area contributed by atoms with Crippen LogP contribution in [0.25, 0.3) is 0 Å². The number of anilines is 1. The molecule has 0 saturated heterocycles. The van der Waals surface area contributed by atoms with Gasteiger partial charge in [0.2, 0.25) is 0 Å². The third-order valence-electron chi connectivity index (χ3n) is 2.46. The highest BCUT2D eigenvalue weighted by Crippen LogP contribution is 2.14. The summed E-state index contributed by atoms with van der Waals surface area (Å²) in [5.41, 5.74) is 0.968. The van der Waals surface area contributed by atoms with Gasteiger partial charge in [-0.15, -0.1) is 12.4 Å². The first-order valence-electron chi connectivity index (χ1n) is 5.48. The summed E-state index contributed by atoms with van der Waals surface area (Å²) in [5, 5.41) is 2.66. The van der Waals surface area contributed by atoms with E-state index in [4.69, 9.17) is 0 Å². The van der Waals surface area contributed by atoms with Gasteiger partial charge < -0.3 is 5.32 Å². The predicted molar refractivity (Wildman–Crippen MR) is 79.0 cm³/mol. The number of nitrogens with one attached hydrogen (secondary N) is 1. The van der Waals surface area contributed by atoms with Crippen molar-refractivity contribution in [2.45, 2.75) is 4.90 Å². The maximum Gasteiger partial charge on any atom is 0.257 e. The summed E-state index contributed by atoms with van der Waals surface area (Å²) in [4.78, 5) is 15.9. The highest BCUT2D eigenvalue weighted by Gasteiger charge is 2.08. The molecule has 2 aromatic rings. The molecular weight excluding hydrogens is 300 g/mol. The Balaban J connectivity index is 0.00000200. The minimum atomic E-state index is -3.22. The van der Waals surface area contributed by atoms with E-state index in [1.807, 2.05) is 0 Å². The summed E-state index contributed by atoms with van der Waals surface area (Å²) in [5.74, 6) is -0.291. The number of carbonyl (C=O) groups is 1. The summed E-state index contributed by atoms with van der Waals surface area (Å²) >= 11 is 0. The van der Waals surface area contributed by atoms with E-state index < -0.39 is 9.84 Å². The van der Waals surface area contributed by atoms with E-state index in [-0.39, 0.29) is 23.2 Å². The van der Waals surface area contributed by atoms with E-state index in [9.17, 15) is 13.2 Å². The van der Waals surface area contributed by atoms with Gasteiger partial charge in [0.05, 0.1) is 10.5 Å². The molecule has 0 unspecified atom stereocenters. The van der Waals surface area contributed by atoms with Crippen LogP contribution in [0, 0.1) is 0 Å². The zero-order valence-corrected chi connectivity index (χ0v) is 12.2. The first-order chi connectivity index (χ1) is 8.97. The lowest BCUT2D eigenvalue weighted by Gasteiger charge is -2.05. The molecule has 0 radical (unpaired) electrons. The lowest BCUT2D eigenvalue weighted by atomic mass is 10.2. The Kier molecular flexibility index (Phi) is 5.24. The first kappa shape index (κ1) is 16.1. The number of carbonyl (C=O) groups excluding carboxylic acids is 1. The van der Waals surface area contributed by atoms with E-state index in [2.05, 4.69) is 10.3 Å². The Morgan fingerprint density at radius 1 is 1.15 bits per heavy atom. The smallest absolute Gasteiger partial charge is 0.257 e. The fraction of sp³-hybridized carbons (Fsp3) is 0.0769. The highest BCUT2D eigenvalue weighted by molar-refractivity contribution is 7.90. The van der Waals surface area contributed by atoms with Gasteiger partial charge in [0.15, 0.2) is 9.84 Å². The molecule has 1 N–H and O–H groups in total. The van der Waals surface area contributed by atoms with Gasteiger partial charge in [0, 0.05) is 24.3 Å². The third-order valence-corrected chi connectivity index (χ3v) is 3.59. The van der Waals surface area contributed by atoms with Crippen LogP contribution in [0.15, 0.2) is 53.7 Å². The van der Waals surface area contributed by atoms with Crippen LogP contribution in [0.5, 0.6) is 0 Å². The predicted octanol–water partition coefficient (Wildman–Crippen LogP) is 2.16. The van der Waals surface area contributed by atoms with E-state index in [0.717, 1.165) is 6.26 Å². The molecule has 7 heteroatoms. The van der Waals surface area contributed by atoms with E-state index >= 15 is 0 Å². The van der Waals surface area contributed by atoms with Crippen LogP contribution < -0.4 is 5.32 Å². The fourth-order valence-corrected chi connectivity index (χ4v) is 2.12. The summed E-state index contributed by atoms with van der Waals surface area (Å²) in [6.07, 6.45) is 4.17. The highest BCUT2D eigenvalue weighted by atomic mass is 35.5. The van der Waals surface area contributed by atoms with E-state index in [0.29, 0.717) is 11.3 Å². The molecule has 0 bridgehead atoms. The number of hydrogen-bond donors (Lipinski definition) is 1. The molecule has 0 spiro atoms. The summed E-state index contributed by atoms with van der Waals surface area (Å²) < 4.78 is 22.6. The van der Waals surface area contributed by atoms with Gasteiger partial charge in [-0.3, -0.25) is 9.78 Å². The molecule has 1 aromatic heterocycles. The van der Waals surface area contributed by atoms with Gasteiger partial charge in [0.1, 0.15) is 0 Å². The molecule has 1 aromatic carbocycles. The molecule has 1 heterocycles. The van der Waals surface area contributed by atoms with Crippen molar-refractivity contribution >= 4 is 33.8 Å². The van der Waals surface area contributed by atoms with Gasteiger partial charge in [0.25, 0.3) is 5.91 Å². The second-order valence-corrected chi connectivity index (χ2v) is 6.01. The maximum atomic E-state index is 11.8. The topological polar surface area (TPSA) is 76.1 Å². The van der Waals surface area contributed by atoms with Crippen molar-refractivity contribution in [2.24, 2.45) is 0 Å². The zero-order chi connectivity index (χ0) is 13.9. The summed E-state index contributed by atoms with van der Waals surface area (Å²) in [6, 6.07) is 9.31. The van der Waals surface area contributed by atoms with Crippen LogP contribution in [0.3, 0.4) is 0 Å². The minimum absolute atomic E-state index is 0. The number of aromatic nitrogens is 1. The number of rotatable bonds is 3. The third kappa shape index (κ3) is 4.04. The van der Waals surface area contributed by atoms with Crippen LogP contribution >= 0.6 is 12.4 Å². The monoisotopic (exact) mass is 312 g/mol. The van der Waals surface area contributed by atoms with Crippen molar-refractivity contribution in [3.8, 4) is 0 Å². The van der Waals surface area contributed by atoms with Crippen LogP contribution in [0.4, 0.5) is 5.69 Å². The number of nitrogens with zero attached hydrogens (tertiary/aromatic N) is 1.